The van der Waals surface area contributed by atoms with Gasteiger partial charge in [0.05, 0.1) is 6.61 Å². The van der Waals surface area contributed by atoms with Crippen LogP contribution in [-0.4, -0.2) is 57.0 Å². The molecule has 0 aromatic carbocycles. The van der Waals surface area contributed by atoms with Crippen LogP contribution in [0.1, 0.15) is 6.04 Å². The molecule has 0 saturated carbocycles. The molecule has 3 heterocycles. The van der Waals surface area contributed by atoms with Gasteiger partial charge in [-0.2, -0.15) is 0 Å². The summed E-state index contributed by atoms with van der Waals surface area (Å²) in [7, 11) is 0. The summed E-state index contributed by atoms with van der Waals surface area (Å²) in [6, 6.07) is 0.707. The molecule has 2 unspecified atom stereocenters. The van der Waals surface area contributed by atoms with Crippen molar-refractivity contribution in [1.29, 1.82) is 0 Å². The third kappa shape index (κ3) is 1.72. The highest BCUT2D eigenvalue weighted by Crippen LogP contribution is 2.41. The van der Waals surface area contributed by atoms with E-state index in [-0.39, 0.29) is 13.2 Å². The maximum atomic E-state index is 11.7. The quantitative estimate of drug-likeness (QED) is 0.547. The van der Waals surface area contributed by atoms with Crippen molar-refractivity contribution >= 4 is 0 Å². The molecule has 19 heavy (non-hydrogen) atoms. The lowest BCUT2D eigenvalue weighted by Crippen LogP contribution is -2.62. The van der Waals surface area contributed by atoms with E-state index in [4.69, 9.17) is 15.2 Å². The minimum atomic E-state index is -1.23. The predicted octanol–water partition coefficient (Wildman–Crippen LogP) is -2.41. The zero-order valence-electron chi connectivity index (χ0n) is 10.0. The second-order valence-electron chi connectivity index (χ2n) is 4.80. The molecule has 104 valence electrons. The van der Waals surface area contributed by atoms with Gasteiger partial charge in [0.2, 0.25) is 0 Å². The van der Waals surface area contributed by atoms with Crippen LogP contribution < -0.4 is 11.4 Å². The molecule has 0 aliphatic carbocycles. The number of aliphatic hydroxyl groups excluding tert-OH is 2. The average Bonchev–Trinajstić information content (AvgIpc) is 2.81. The van der Waals surface area contributed by atoms with Crippen LogP contribution in [0.3, 0.4) is 0 Å². The van der Waals surface area contributed by atoms with E-state index in [1.54, 1.807) is 6.07 Å². The highest BCUT2D eigenvalue weighted by molar-refractivity contribution is 5.06. The third-order valence-corrected chi connectivity index (χ3v) is 3.74. The molecule has 0 spiro atoms. The molecule has 4 N–H and O–H groups in total. The van der Waals surface area contributed by atoms with Crippen LogP contribution in [0.25, 0.3) is 0 Å². The number of fused-ring (bicyclic) bond motifs is 2. The third-order valence-electron chi connectivity index (χ3n) is 3.74. The second kappa shape index (κ2) is 4.36. The SMILES string of the molecule is NC[C@@]12COC(O1)[C@H](n1cccnc1=O)C(O)[C@H]2O. The summed E-state index contributed by atoms with van der Waals surface area (Å²) >= 11 is 0. The number of aromatic nitrogens is 2. The number of nitrogens with two attached hydrogens (primary N) is 1. The first kappa shape index (κ1) is 12.7. The molecule has 5 atom stereocenters. The molecule has 1 aromatic rings. The molecule has 8 heteroatoms. The van der Waals surface area contributed by atoms with Gasteiger partial charge in [-0.05, 0) is 6.07 Å². The minimum Gasteiger partial charge on any atom is -0.388 e. The Morgan fingerprint density at radius 3 is 3.05 bits per heavy atom. The Kier molecular flexibility index (Phi) is 2.91. The lowest BCUT2D eigenvalue weighted by Gasteiger charge is -2.42. The maximum absolute atomic E-state index is 11.7. The Labute approximate surface area is 108 Å². The molecule has 2 aliphatic heterocycles. The molecular formula is C11H15N3O5. The summed E-state index contributed by atoms with van der Waals surface area (Å²) in [4.78, 5) is 15.3. The fourth-order valence-corrected chi connectivity index (χ4v) is 2.62. The van der Waals surface area contributed by atoms with Crippen LogP contribution in [0.4, 0.5) is 0 Å². The monoisotopic (exact) mass is 269 g/mol. The Morgan fingerprint density at radius 2 is 2.37 bits per heavy atom. The number of ether oxygens (including phenoxy) is 2. The van der Waals surface area contributed by atoms with E-state index in [2.05, 4.69) is 4.98 Å². The summed E-state index contributed by atoms with van der Waals surface area (Å²) in [5.74, 6) is 0. The molecule has 0 radical (unpaired) electrons. The Bertz CT molecular complexity index is 535. The van der Waals surface area contributed by atoms with Gasteiger partial charge < -0.3 is 25.4 Å². The highest BCUT2D eigenvalue weighted by atomic mass is 16.7. The van der Waals surface area contributed by atoms with Crippen molar-refractivity contribution in [1.82, 2.24) is 9.55 Å². The van der Waals surface area contributed by atoms with E-state index in [1.807, 2.05) is 0 Å². The van der Waals surface area contributed by atoms with Crippen LogP contribution in [0, 0.1) is 0 Å². The molecule has 2 bridgehead atoms. The Morgan fingerprint density at radius 1 is 1.58 bits per heavy atom. The number of hydrogen-bond acceptors (Lipinski definition) is 7. The summed E-state index contributed by atoms with van der Waals surface area (Å²) < 4.78 is 12.2. The molecule has 2 fully saturated rings. The van der Waals surface area contributed by atoms with Crippen LogP contribution >= 0.6 is 0 Å². The second-order valence-corrected chi connectivity index (χ2v) is 4.80. The van der Waals surface area contributed by atoms with Crippen molar-refractivity contribution in [2.75, 3.05) is 13.2 Å². The Balaban J connectivity index is 2.01. The van der Waals surface area contributed by atoms with Gasteiger partial charge in [-0.25, -0.2) is 9.78 Å². The van der Waals surface area contributed by atoms with Crippen molar-refractivity contribution in [3.63, 3.8) is 0 Å². The maximum Gasteiger partial charge on any atom is 0.348 e. The van der Waals surface area contributed by atoms with Crippen LogP contribution in [-0.2, 0) is 9.47 Å². The molecule has 2 aliphatic rings. The van der Waals surface area contributed by atoms with E-state index in [9.17, 15) is 15.0 Å². The molecule has 3 rings (SSSR count). The zero-order valence-corrected chi connectivity index (χ0v) is 10.0. The summed E-state index contributed by atoms with van der Waals surface area (Å²) in [5, 5.41) is 20.4. The van der Waals surface area contributed by atoms with Crippen molar-refractivity contribution in [2.45, 2.75) is 30.1 Å². The fourth-order valence-electron chi connectivity index (χ4n) is 2.62. The normalized spacial score (nSPS) is 41.4. The van der Waals surface area contributed by atoms with Crippen LogP contribution in [0.2, 0.25) is 0 Å². The van der Waals surface area contributed by atoms with Crippen molar-refractivity contribution in [2.24, 2.45) is 5.73 Å². The molecular weight excluding hydrogens is 254 g/mol. The molecule has 2 saturated heterocycles. The van der Waals surface area contributed by atoms with Crippen LogP contribution in [0.15, 0.2) is 23.3 Å². The van der Waals surface area contributed by atoms with Crippen molar-refractivity contribution in [3.8, 4) is 0 Å². The lowest BCUT2D eigenvalue weighted by molar-refractivity contribution is -0.231. The van der Waals surface area contributed by atoms with E-state index < -0.39 is 35.8 Å². The van der Waals surface area contributed by atoms with Gasteiger partial charge in [-0.1, -0.05) is 0 Å². The molecule has 8 nitrogen and oxygen atoms in total. The van der Waals surface area contributed by atoms with Gasteiger partial charge in [0, 0.05) is 18.9 Å². The van der Waals surface area contributed by atoms with E-state index >= 15 is 0 Å². The van der Waals surface area contributed by atoms with Gasteiger partial charge in [0.25, 0.3) is 0 Å². The predicted molar refractivity (Wildman–Crippen MR) is 62.2 cm³/mol. The van der Waals surface area contributed by atoms with Crippen molar-refractivity contribution in [3.05, 3.63) is 28.9 Å². The number of nitrogens with zero attached hydrogens (tertiary/aromatic N) is 2. The van der Waals surface area contributed by atoms with Gasteiger partial charge in [-0.15, -0.1) is 0 Å². The van der Waals surface area contributed by atoms with Gasteiger partial charge >= 0.3 is 5.69 Å². The van der Waals surface area contributed by atoms with Crippen LogP contribution in [0.5, 0.6) is 0 Å². The summed E-state index contributed by atoms with van der Waals surface area (Å²) in [5.41, 5.74) is 3.94. The highest BCUT2D eigenvalue weighted by Gasteiger charge is 2.59. The van der Waals surface area contributed by atoms with Gasteiger partial charge in [0.15, 0.2) is 6.29 Å². The number of hydrogen-bond donors (Lipinski definition) is 3. The minimum absolute atomic E-state index is 0.0242. The van der Waals surface area contributed by atoms with Gasteiger partial charge in [0.1, 0.15) is 23.9 Å². The summed E-state index contributed by atoms with van der Waals surface area (Å²) in [6.07, 6.45) is -0.453. The largest absolute Gasteiger partial charge is 0.388 e. The first-order valence-electron chi connectivity index (χ1n) is 5.98. The molecule has 0 amide bonds. The standard InChI is InChI=1S/C11H15N3O5/c12-4-11-5-18-9(19-11)6(7(15)8(11)16)14-3-1-2-13-10(14)17/h1-3,6-9,15-16H,4-5,12H2/t6-,7?,8-,9?,11+/m1/s1. The topological polar surface area (TPSA) is 120 Å². The number of aliphatic hydroxyl groups is 2. The number of rotatable bonds is 2. The first-order valence-corrected chi connectivity index (χ1v) is 5.98. The lowest BCUT2D eigenvalue weighted by atomic mass is 9.88. The van der Waals surface area contributed by atoms with Gasteiger partial charge in [-0.3, -0.25) is 4.57 Å². The van der Waals surface area contributed by atoms with E-state index in [0.29, 0.717) is 0 Å². The smallest absolute Gasteiger partial charge is 0.348 e. The van der Waals surface area contributed by atoms with E-state index in [1.165, 1.54) is 17.0 Å². The summed E-state index contributed by atoms with van der Waals surface area (Å²) in [6.45, 7) is 0.105. The first-order chi connectivity index (χ1) is 9.09. The van der Waals surface area contributed by atoms with Crippen molar-refractivity contribution < 1.29 is 19.7 Å². The fraction of sp³-hybridized carbons (Fsp3) is 0.636. The molecule has 1 aromatic heterocycles. The average molecular weight is 269 g/mol. The Hall–Kier alpha value is -1.32. The zero-order chi connectivity index (χ0) is 13.6. The van der Waals surface area contributed by atoms with E-state index in [0.717, 1.165) is 0 Å².